The van der Waals surface area contributed by atoms with Crippen LogP contribution in [0.25, 0.3) is 5.65 Å². The molecule has 2 aliphatic heterocycles. The van der Waals surface area contributed by atoms with Gasteiger partial charge >= 0.3 is 0 Å². The molecule has 150 valence electrons. The second-order valence-electron chi connectivity index (χ2n) is 8.28. The molecule has 2 aromatic heterocycles. The van der Waals surface area contributed by atoms with Crippen LogP contribution in [0.15, 0.2) is 24.5 Å². The van der Waals surface area contributed by atoms with E-state index in [1.54, 1.807) is 12.4 Å². The van der Waals surface area contributed by atoms with E-state index in [0.29, 0.717) is 31.2 Å². The maximum atomic E-state index is 14.7. The van der Waals surface area contributed by atoms with Crippen LogP contribution in [-0.4, -0.2) is 27.8 Å². The Bertz CT molecular complexity index is 1090. The van der Waals surface area contributed by atoms with Crippen molar-refractivity contribution in [2.45, 2.75) is 50.5 Å². The van der Waals surface area contributed by atoms with Crippen molar-refractivity contribution in [2.24, 2.45) is 0 Å². The van der Waals surface area contributed by atoms with E-state index in [9.17, 15) is 4.39 Å². The van der Waals surface area contributed by atoms with Gasteiger partial charge in [-0.1, -0.05) is 19.3 Å². The average molecular weight is 394 g/mol. The smallest absolute Gasteiger partial charge is 0.165 e. The van der Waals surface area contributed by atoms with Crippen LogP contribution in [0.4, 0.5) is 10.2 Å². The molecule has 6 rings (SSSR count). The van der Waals surface area contributed by atoms with Gasteiger partial charge in [0.15, 0.2) is 17.2 Å². The molecule has 1 aromatic carbocycles. The van der Waals surface area contributed by atoms with E-state index >= 15 is 0 Å². The second-order valence-corrected chi connectivity index (χ2v) is 8.28. The SMILES string of the molecule is Fc1ccc2c3c1CNc1c(cc(C4CCCCC4)c4nncn14)OC[C@H]3CO2. The van der Waals surface area contributed by atoms with Crippen molar-refractivity contribution in [1.82, 2.24) is 14.6 Å². The summed E-state index contributed by atoms with van der Waals surface area (Å²) in [5.41, 5.74) is 3.65. The first kappa shape index (κ1) is 17.1. The summed E-state index contributed by atoms with van der Waals surface area (Å²) in [5.74, 6) is 2.61. The lowest BCUT2D eigenvalue weighted by Gasteiger charge is -2.24. The summed E-state index contributed by atoms with van der Waals surface area (Å²) in [5, 5.41) is 12.0. The highest BCUT2D eigenvalue weighted by molar-refractivity contribution is 5.65. The molecule has 0 radical (unpaired) electrons. The minimum atomic E-state index is -0.214. The molecule has 1 aliphatic carbocycles. The van der Waals surface area contributed by atoms with Crippen molar-refractivity contribution in [3.05, 3.63) is 47.0 Å². The van der Waals surface area contributed by atoms with Gasteiger partial charge in [-0.2, -0.15) is 0 Å². The molecule has 4 heterocycles. The first-order valence-corrected chi connectivity index (χ1v) is 10.5. The number of benzene rings is 1. The number of hydrogen-bond acceptors (Lipinski definition) is 5. The summed E-state index contributed by atoms with van der Waals surface area (Å²) in [6.07, 6.45) is 7.86. The molecule has 1 saturated carbocycles. The molecule has 0 unspecified atom stereocenters. The molecular formula is C22H23FN4O2. The third kappa shape index (κ3) is 2.67. The number of rotatable bonds is 1. The minimum Gasteiger partial charge on any atom is -0.493 e. The van der Waals surface area contributed by atoms with E-state index in [4.69, 9.17) is 9.47 Å². The molecule has 1 N–H and O–H groups in total. The van der Waals surface area contributed by atoms with Gasteiger partial charge in [0, 0.05) is 23.2 Å². The molecule has 0 amide bonds. The zero-order valence-corrected chi connectivity index (χ0v) is 16.2. The van der Waals surface area contributed by atoms with E-state index in [1.165, 1.54) is 43.7 Å². The number of anilines is 1. The van der Waals surface area contributed by atoms with Crippen molar-refractivity contribution < 1.29 is 13.9 Å². The van der Waals surface area contributed by atoms with Gasteiger partial charge in [-0.25, -0.2) is 4.39 Å². The summed E-state index contributed by atoms with van der Waals surface area (Å²) in [6, 6.07) is 5.34. The Morgan fingerprint density at radius 1 is 1.03 bits per heavy atom. The third-order valence-corrected chi connectivity index (χ3v) is 6.59. The molecule has 3 aliphatic rings. The van der Waals surface area contributed by atoms with Crippen molar-refractivity contribution in [2.75, 3.05) is 18.5 Å². The highest BCUT2D eigenvalue weighted by atomic mass is 19.1. The number of ether oxygens (including phenoxy) is 2. The first-order chi connectivity index (χ1) is 14.3. The number of aromatic nitrogens is 3. The zero-order valence-electron chi connectivity index (χ0n) is 16.2. The molecule has 1 fully saturated rings. The third-order valence-electron chi connectivity index (χ3n) is 6.59. The van der Waals surface area contributed by atoms with Gasteiger partial charge in [-0.05, 0) is 37.0 Å². The largest absolute Gasteiger partial charge is 0.493 e. The second kappa shape index (κ2) is 6.61. The summed E-state index contributed by atoms with van der Waals surface area (Å²) >= 11 is 0. The maximum absolute atomic E-state index is 14.7. The molecule has 3 aromatic rings. The number of halogens is 1. The lowest BCUT2D eigenvalue weighted by atomic mass is 9.84. The van der Waals surface area contributed by atoms with Crippen LogP contribution < -0.4 is 14.8 Å². The first-order valence-electron chi connectivity index (χ1n) is 10.5. The molecule has 6 nitrogen and oxygen atoms in total. The van der Waals surface area contributed by atoms with E-state index in [-0.39, 0.29) is 11.7 Å². The predicted octanol–water partition coefficient (Wildman–Crippen LogP) is 4.40. The lowest BCUT2D eigenvalue weighted by molar-refractivity contribution is 0.248. The van der Waals surface area contributed by atoms with Crippen LogP contribution in [0, 0.1) is 5.82 Å². The van der Waals surface area contributed by atoms with Gasteiger partial charge in [-0.3, -0.25) is 4.40 Å². The Balaban J connectivity index is 1.47. The number of nitrogens with one attached hydrogen (secondary N) is 1. The van der Waals surface area contributed by atoms with E-state index in [0.717, 1.165) is 28.5 Å². The van der Waals surface area contributed by atoms with Crippen molar-refractivity contribution in [3.8, 4) is 11.5 Å². The predicted molar refractivity (Wildman–Crippen MR) is 106 cm³/mol. The minimum absolute atomic E-state index is 0.0261. The standard InChI is InChI=1S/C22H23FN4O2/c23-17-6-7-18-20-14(10-28-18)11-29-19-8-15(13-4-2-1-3-5-13)21-26-25-12-27(21)22(19)24-9-16(17)20/h6-8,12-14,24H,1-5,9-11H2/t14-/m1/s1. The number of fused-ring (bicyclic) bond motifs is 3. The maximum Gasteiger partial charge on any atom is 0.165 e. The highest BCUT2D eigenvalue weighted by Crippen LogP contribution is 2.42. The molecule has 0 bridgehead atoms. The van der Waals surface area contributed by atoms with Gasteiger partial charge in [0.2, 0.25) is 0 Å². The Kier molecular flexibility index (Phi) is 3.89. The van der Waals surface area contributed by atoms with Crippen LogP contribution in [0.1, 0.15) is 60.6 Å². The van der Waals surface area contributed by atoms with Crippen LogP contribution in [0.2, 0.25) is 0 Å². The van der Waals surface area contributed by atoms with Crippen LogP contribution in [0.3, 0.4) is 0 Å². The number of pyridine rings is 1. The Morgan fingerprint density at radius 2 is 1.86 bits per heavy atom. The van der Waals surface area contributed by atoms with Crippen LogP contribution in [-0.2, 0) is 6.54 Å². The fourth-order valence-electron chi connectivity index (χ4n) is 5.12. The van der Waals surface area contributed by atoms with Crippen molar-refractivity contribution in [1.29, 1.82) is 0 Å². The summed E-state index contributed by atoms with van der Waals surface area (Å²) in [7, 11) is 0. The highest BCUT2D eigenvalue weighted by Gasteiger charge is 2.32. The van der Waals surface area contributed by atoms with Gasteiger partial charge in [0.25, 0.3) is 0 Å². The Morgan fingerprint density at radius 3 is 2.72 bits per heavy atom. The van der Waals surface area contributed by atoms with Gasteiger partial charge < -0.3 is 14.8 Å². The number of hydrogen-bond donors (Lipinski definition) is 1. The van der Waals surface area contributed by atoms with Crippen LogP contribution >= 0.6 is 0 Å². The molecule has 7 heteroatoms. The fourth-order valence-corrected chi connectivity index (χ4v) is 5.12. The molecule has 0 saturated heterocycles. The summed E-state index contributed by atoms with van der Waals surface area (Å²) < 4.78 is 28.7. The molecular weight excluding hydrogens is 371 g/mol. The quantitative estimate of drug-likeness (QED) is 0.663. The summed E-state index contributed by atoms with van der Waals surface area (Å²) in [6.45, 7) is 1.34. The van der Waals surface area contributed by atoms with Gasteiger partial charge in [-0.15, -0.1) is 10.2 Å². The lowest BCUT2D eigenvalue weighted by Crippen LogP contribution is -2.13. The van der Waals surface area contributed by atoms with Gasteiger partial charge in [0.1, 0.15) is 17.9 Å². The van der Waals surface area contributed by atoms with E-state index in [2.05, 4.69) is 21.6 Å². The van der Waals surface area contributed by atoms with Crippen molar-refractivity contribution in [3.63, 3.8) is 0 Å². The molecule has 1 atom stereocenters. The summed E-state index contributed by atoms with van der Waals surface area (Å²) in [4.78, 5) is 0. The number of nitrogens with zero attached hydrogens (tertiary/aromatic N) is 3. The monoisotopic (exact) mass is 394 g/mol. The normalized spacial score (nSPS) is 21.2. The van der Waals surface area contributed by atoms with E-state index in [1.807, 2.05) is 4.40 Å². The topological polar surface area (TPSA) is 60.7 Å². The molecule has 0 spiro atoms. The Labute approximate surface area is 168 Å². The fraction of sp³-hybridized carbons (Fsp3) is 0.455. The van der Waals surface area contributed by atoms with E-state index < -0.39 is 0 Å². The zero-order chi connectivity index (χ0) is 19.4. The van der Waals surface area contributed by atoms with Crippen LogP contribution in [0.5, 0.6) is 11.5 Å². The molecule has 29 heavy (non-hydrogen) atoms. The van der Waals surface area contributed by atoms with Crippen molar-refractivity contribution >= 4 is 11.5 Å². The average Bonchev–Trinajstić information content (AvgIpc) is 3.40. The Hall–Kier alpha value is -2.83. The van der Waals surface area contributed by atoms with Gasteiger partial charge in [0.05, 0.1) is 19.1 Å².